The fourth-order valence-electron chi connectivity index (χ4n) is 2.76. The van der Waals surface area contributed by atoms with Gasteiger partial charge in [-0.3, -0.25) is 9.59 Å². The topological polar surface area (TPSA) is 110 Å². The van der Waals surface area contributed by atoms with Gasteiger partial charge in [-0.05, 0) is 18.6 Å². The molecule has 1 aromatic carbocycles. The first-order valence-electron chi connectivity index (χ1n) is 8.11. The molecule has 26 heavy (non-hydrogen) atoms. The molecule has 0 bridgehead atoms. The highest BCUT2D eigenvalue weighted by molar-refractivity contribution is 5.98. The van der Waals surface area contributed by atoms with E-state index in [4.69, 9.17) is 4.74 Å². The first kappa shape index (κ1) is 17.4. The third-order valence-corrected chi connectivity index (χ3v) is 3.79. The number of amides is 1. The van der Waals surface area contributed by atoms with Crippen molar-refractivity contribution in [2.45, 2.75) is 26.8 Å². The van der Waals surface area contributed by atoms with Crippen LogP contribution in [-0.2, 0) is 20.9 Å². The lowest BCUT2D eigenvalue weighted by Gasteiger charge is -2.10. The summed E-state index contributed by atoms with van der Waals surface area (Å²) in [6.07, 6.45) is 0.509. The van der Waals surface area contributed by atoms with Crippen molar-refractivity contribution < 1.29 is 14.3 Å². The van der Waals surface area contributed by atoms with E-state index >= 15 is 0 Å². The Kier molecular flexibility index (Phi) is 4.80. The molecule has 0 saturated carbocycles. The normalized spacial score (nSPS) is 10.7. The molecule has 8 nitrogen and oxygen atoms in total. The van der Waals surface area contributed by atoms with Crippen molar-refractivity contribution >= 4 is 39.9 Å². The molecule has 0 unspecified atom stereocenters. The highest BCUT2D eigenvalue weighted by Crippen LogP contribution is 2.29. The maximum atomic E-state index is 11.6. The van der Waals surface area contributed by atoms with Gasteiger partial charge in [-0.1, -0.05) is 12.1 Å². The third-order valence-electron chi connectivity index (χ3n) is 3.79. The SMILES string of the molecule is CC(=O)Nc1c(C#N)c2nc3ccccc3nc2n1CCCOC(C)=O. The van der Waals surface area contributed by atoms with Crippen LogP contribution in [0.25, 0.3) is 22.2 Å². The average molecular weight is 351 g/mol. The number of nitriles is 1. The Morgan fingerprint density at radius 1 is 1.23 bits per heavy atom. The number of carbonyl (C=O) groups is 2. The van der Waals surface area contributed by atoms with Gasteiger partial charge in [-0.25, -0.2) is 9.97 Å². The van der Waals surface area contributed by atoms with Gasteiger partial charge in [-0.2, -0.15) is 5.26 Å². The van der Waals surface area contributed by atoms with E-state index in [2.05, 4.69) is 21.4 Å². The number of anilines is 1. The van der Waals surface area contributed by atoms with Crippen LogP contribution in [0, 0.1) is 11.3 Å². The van der Waals surface area contributed by atoms with Gasteiger partial charge in [0.05, 0.1) is 17.6 Å². The van der Waals surface area contributed by atoms with Crippen LogP contribution < -0.4 is 5.32 Å². The van der Waals surface area contributed by atoms with Crippen LogP contribution in [0.1, 0.15) is 25.8 Å². The number of hydrogen-bond donors (Lipinski definition) is 1. The van der Waals surface area contributed by atoms with Crippen LogP contribution in [0.15, 0.2) is 24.3 Å². The molecule has 1 N–H and O–H groups in total. The second kappa shape index (κ2) is 7.19. The predicted molar refractivity (Wildman–Crippen MR) is 95.3 cm³/mol. The Morgan fingerprint density at radius 3 is 2.54 bits per heavy atom. The number of carbonyl (C=O) groups excluding carboxylic acids is 2. The minimum atomic E-state index is -0.354. The van der Waals surface area contributed by atoms with Crippen molar-refractivity contribution in [3.05, 3.63) is 29.8 Å². The summed E-state index contributed by atoms with van der Waals surface area (Å²) in [7, 11) is 0. The van der Waals surface area contributed by atoms with E-state index in [0.717, 1.165) is 0 Å². The summed E-state index contributed by atoms with van der Waals surface area (Å²) in [4.78, 5) is 31.7. The third kappa shape index (κ3) is 3.32. The van der Waals surface area contributed by atoms with Gasteiger partial charge < -0.3 is 14.6 Å². The minimum absolute atomic E-state index is 0.234. The fraction of sp³-hybridized carbons (Fsp3) is 0.278. The van der Waals surface area contributed by atoms with Crippen LogP contribution in [0.5, 0.6) is 0 Å². The molecule has 0 fully saturated rings. The molecule has 2 heterocycles. The van der Waals surface area contributed by atoms with Crippen molar-refractivity contribution in [1.29, 1.82) is 5.26 Å². The standard InChI is InChI=1S/C18H17N5O3/c1-11(24)20-17-13(10-19)16-18(23(17)8-5-9-26-12(2)25)22-15-7-4-3-6-14(15)21-16/h3-4,6-7H,5,8-9H2,1-2H3,(H,20,24). The number of hydrogen-bond acceptors (Lipinski definition) is 6. The van der Waals surface area contributed by atoms with E-state index in [1.54, 1.807) is 4.57 Å². The van der Waals surface area contributed by atoms with Gasteiger partial charge in [0.25, 0.3) is 0 Å². The second-order valence-electron chi connectivity index (χ2n) is 5.75. The monoisotopic (exact) mass is 351 g/mol. The lowest BCUT2D eigenvalue weighted by Crippen LogP contribution is -2.13. The summed E-state index contributed by atoms with van der Waals surface area (Å²) < 4.78 is 6.69. The Bertz CT molecular complexity index is 1050. The molecular formula is C18H17N5O3. The predicted octanol–water partition coefficient (Wildman–Crippen LogP) is 2.37. The molecular weight excluding hydrogens is 334 g/mol. The summed E-state index contributed by atoms with van der Waals surface area (Å²) >= 11 is 0. The molecule has 0 aliphatic heterocycles. The number of benzene rings is 1. The molecule has 8 heteroatoms. The lowest BCUT2D eigenvalue weighted by molar-refractivity contribution is -0.141. The zero-order chi connectivity index (χ0) is 18.7. The van der Waals surface area contributed by atoms with Crippen LogP contribution in [0.4, 0.5) is 5.82 Å². The highest BCUT2D eigenvalue weighted by Gasteiger charge is 2.21. The van der Waals surface area contributed by atoms with E-state index in [1.165, 1.54) is 13.8 Å². The van der Waals surface area contributed by atoms with E-state index < -0.39 is 0 Å². The average Bonchev–Trinajstić information content (AvgIpc) is 2.87. The summed E-state index contributed by atoms with van der Waals surface area (Å²) in [6.45, 7) is 3.37. The van der Waals surface area contributed by atoms with Crippen molar-refractivity contribution in [1.82, 2.24) is 14.5 Å². The number of nitrogens with zero attached hydrogens (tertiary/aromatic N) is 4. The number of ether oxygens (including phenoxy) is 1. The van der Waals surface area contributed by atoms with E-state index in [1.807, 2.05) is 24.3 Å². The summed E-state index contributed by atoms with van der Waals surface area (Å²) in [6, 6.07) is 9.47. The minimum Gasteiger partial charge on any atom is -0.466 e. The van der Waals surface area contributed by atoms with Crippen molar-refractivity contribution in [2.75, 3.05) is 11.9 Å². The molecule has 0 saturated heterocycles. The first-order chi connectivity index (χ1) is 12.5. The summed E-state index contributed by atoms with van der Waals surface area (Å²) in [5.41, 5.74) is 2.57. The molecule has 0 spiro atoms. The molecule has 0 aliphatic carbocycles. The molecule has 0 atom stereocenters. The maximum Gasteiger partial charge on any atom is 0.302 e. The number of para-hydroxylation sites is 2. The molecule has 0 aliphatic rings. The van der Waals surface area contributed by atoms with Gasteiger partial charge in [0.15, 0.2) is 5.65 Å². The Hall–Kier alpha value is -3.47. The van der Waals surface area contributed by atoms with Crippen LogP contribution in [-0.4, -0.2) is 33.0 Å². The lowest BCUT2D eigenvalue weighted by atomic mass is 10.2. The summed E-state index contributed by atoms with van der Waals surface area (Å²) in [5, 5.41) is 12.3. The number of aryl methyl sites for hydroxylation is 1. The van der Waals surface area contributed by atoms with Gasteiger partial charge in [0.1, 0.15) is 23.0 Å². The number of rotatable bonds is 5. The molecule has 1 amide bonds. The number of aromatic nitrogens is 3. The molecule has 3 aromatic rings. The largest absolute Gasteiger partial charge is 0.466 e. The first-order valence-corrected chi connectivity index (χ1v) is 8.11. The van der Waals surface area contributed by atoms with E-state index in [9.17, 15) is 14.9 Å². The maximum absolute atomic E-state index is 11.6. The second-order valence-corrected chi connectivity index (χ2v) is 5.75. The van der Waals surface area contributed by atoms with Crippen molar-refractivity contribution in [3.63, 3.8) is 0 Å². The van der Waals surface area contributed by atoms with Crippen LogP contribution in [0.2, 0.25) is 0 Å². The molecule has 3 rings (SSSR count). The Morgan fingerprint density at radius 2 is 1.92 bits per heavy atom. The number of fused-ring (bicyclic) bond motifs is 2. The Balaban J connectivity index is 2.14. The van der Waals surface area contributed by atoms with Crippen LogP contribution >= 0.6 is 0 Å². The van der Waals surface area contributed by atoms with Gasteiger partial charge >= 0.3 is 5.97 Å². The number of esters is 1. The van der Waals surface area contributed by atoms with E-state index in [-0.39, 0.29) is 24.0 Å². The molecule has 2 aromatic heterocycles. The zero-order valence-corrected chi connectivity index (χ0v) is 14.4. The number of nitrogens with one attached hydrogen (secondary N) is 1. The molecule has 132 valence electrons. The van der Waals surface area contributed by atoms with Crippen molar-refractivity contribution in [2.24, 2.45) is 0 Å². The highest BCUT2D eigenvalue weighted by atomic mass is 16.5. The summed E-state index contributed by atoms with van der Waals surface area (Å²) in [5.74, 6) is -0.295. The van der Waals surface area contributed by atoms with Gasteiger partial charge in [0, 0.05) is 20.4 Å². The van der Waals surface area contributed by atoms with Crippen LogP contribution in [0.3, 0.4) is 0 Å². The smallest absolute Gasteiger partial charge is 0.302 e. The van der Waals surface area contributed by atoms with Gasteiger partial charge in [-0.15, -0.1) is 0 Å². The van der Waals surface area contributed by atoms with E-state index in [0.29, 0.717) is 41.0 Å². The quantitative estimate of drug-likeness (QED) is 0.558. The molecule has 0 radical (unpaired) electrons. The van der Waals surface area contributed by atoms with Crippen molar-refractivity contribution in [3.8, 4) is 6.07 Å². The fourth-order valence-corrected chi connectivity index (χ4v) is 2.76. The zero-order valence-electron chi connectivity index (χ0n) is 14.4. The Labute approximate surface area is 149 Å². The van der Waals surface area contributed by atoms with Gasteiger partial charge in [0.2, 0.25) is 5.91 Å².